The fourth-order valence-electron chi connectivity index (χ4n) is 1.29. The summed E-state index contributed by atoms with van der Waals surface area (Å²) >= 11 is 0. The predicted octanol–water partition coefficient (Wildman–Crippen LogP) is -0.234. The summed E-state index contributed by atoms with van der Waals surface area (Å²) in [6.07, 6.45) is 0. The molecule has 0 aliphatic carbocycles. The van der Waals surface area contributed by atoms with Gasteiger partial charge in [-0.25, -0.2) is 4.79 Å². The van der Waals surface area contributed by atoms with Crippen molar-refractivity contribution in [1.29, 1.82) is 0 Å². The van der Waals surface area contributed by atoms with Crippen LogP contribution in [0.1, 0.15) is 15.9 Å². The molecule has 1 aliphatic rings. The van der Waals surface area contributed by atoms with Gasteiger partial charge in [0.15, 0.2) is 0 Å². The van der Waals surface area contributed by atoms with E-state index in [0.717, 1.165) is 5.56 Å². The third-order valence-electron chi connectivity index (χ3n) is 2.11. The van der Waals surface area contributed by atoms with E-state index in [2.05, 4.69) is 15.8 Å². The predicted molar refractivity (Wildman–Crippen MR) is 56.1 cm³/mol. The summed E-state index contributed by atoms with van der Waals surface area (Å²) in [5.74, 6) is -0.652. The fourth-order valence-corrected chi connectivity index (χ4v) is 1.29. The molecule has 0 saturated carbocycles. The molecule has 1 aromatic carbocycles. The summed E-state index contributed by atoms with van der Waals surface area (Å²) in [5.41, 5.74) is 6.01. The van der Waals surface area contributed by atoms with Crippen LogP contribution in [0.5, 0.6) is 0 Å². The Morgan fingerprint density at radius 3 is 2.44 bits per heavy atom. The smallest absolute Gasteiger partial charge is 0.335 e. The molecule has 6 nitrogen and oxygen atoms in total. The van der Waals surface area contributed by atoms with Crippen molar-refractivity contribution in [2.75, 3.05) is 6.54 Å². The molecule has 6 heteroatoms. The van der Waals surface area contributed by atoms with Crippen molar-refractivity contribution in [1.82, 2.24) is 10.9 Å². The Morgan fingerprint density at radius 2 is 1.94 bits per heavy atom. The van der Waals surface area contributed by atoms with Gasteiger partial charge in [-0.05, 0) is 12.1 Å². The van der Waals surface area contributed by atoms with Gasteiger partial charge in [0.1, 0.15) is 12.4 Å². The lowest BCUT2D eigenvalue weighted by molar-refractivity contribution is -0.120. The number of hydrazine groups is 1. The number of carbonyl (C=O) groups excluding carboxylic acids is 1. The van der Waals surface area contributed by atoms with Gasteiger partial charge in [-0.3, -0.25) is 20.6 Å². The molecule has 0 atom stereocenters. The normalized spacial score (nSPS) is 14.8. The number of benzene rings is 1. The van der Waals surface area contributed by atoms with Crippen LogP contribution in [0.25, 0.3) is 0 Å². The van der Waals surface area contributed by atoms with Crippen LogP contribution in [0, 0.1) is 0 Å². The molecule has 16 heavy (non-hydrogen) atoms. The molecule has 82 valence electrons. The molecule has 1 amide bonds. The molecule has 1 heterocycles. The van der Waals surface area contributed by atoms with E-state index in [0.29, 0.717) is 5.84 Å². The first kappa shape index (κ1) is 10.2. The first-order chi connectivity index (χ1) is 7.66. The van der Waals surface area contributed by atoms with Crippen molar-refractivity contribution >= 4 is 17.7 Å². The van der Waals surface area contributed by atoms with Crippen LogP contribution in [0.4, 0.5) is 0 Å². The summed E-state index contributed by atoms with van der Waals surface area (Å²) in [5, 5.41) is 8.72. The molecule has 1 aromatic rings. The Labute approximate surface area is 91.0 Å². The number of nitrogens with one attached hydrogen (secondary N) is 2. The second-order valence-corrected chi connectivity index (χ2v) is 3.22. The van der Waals surface area contributed by atoms with Crippen molar-refractivity contribution in [3.8, 4) is 0 Å². The molecule has 0 spiro atoms. The summed E-state index contributed by atoms with van der Waals surface area (Å²) in [6, 6.07) is 6.23. The zero-order valence-corrected chi connectivity index (χ0v) is 8.23. The van der Waals surface area contributed by atoms with E-state index in [1.807, 2.05) is 0 Å². The average Bonchev–Trinajstić information content (AvgIpc) is 2.30. The van der Waals surface area contributed by atoms with E-state index in [9.17, 15) is 9.59 Å². The van der Waals surface area contributed by atoms with Crippen LogP contribution in [0.2, 0.25) is 0 Å². The third kappa shape index (κ3) is 2.00. The highest BCUT2D eigenvalue weighted by atomic mass is 16.4. The van der Waals surface area contributed by atoms with Gasteiger partial charge < -0.3 is 5.11 Å². The number of aromatic carboxylic acids is 1. The van der Waals surface area contributed by atoms with Crippen molar-refractivity contribution < 1.29 is 14.7 Å². The minimum absolute atomic E-state index is 0.0724. The van der Waals surface area contributed by atoms with Crippen LogP contribution >= 0.6 is 0 Å². The zero-order valence-electron chi connectivity index (χ0n) is 8.23. The highest BCUT2D eigenvalue weighted by Crippen LogP contribution is 2.05. The summed E-state index contributed by atoms with van der Waals surface area (Å²) in [7, 11) is 0. The maximum Gasteiger partial charge on any atom is 0.335 e. The van der Waals surface area contributed by atoms with E-state index >= 15 is 0 Å². The van der Waals surface area contributed by atoms with Gasteiger partial charge in [-0.15, -0.1) is 0 Å². The Bertz CT molecular complexity index is 465. The summed E-state index contributed by atoms with van der Waals surface area (Å²) < 4.78 is 0. The summed E-state index contributed by atoms with van der Waals surface area (Å²) in [6.45, 7) is 0.0724. The van der Waals surface area contributed by atoms with Gasteiger partial charge in [0.05, 0.1) is 5.56 Å². The molecule has 0 bridgehead atoms. The standard InChI is InChI=1S/C10H9N3O3/c14-8-5-11-9(13-12-8)6-1-3-7(4-2-6)10(15)16/h1-4H,5H2,(H,11,13)(H,12,14)(H,15,16). The maximum absolute atomic E-state index is 10.8. The molecule has 1 aliphatic heterocycles. The van der Waals surface area contributed by atoms with Crippen molar-refractivity contribution in [3.63, 3.8) is 0 Å². The number of hydrogen-bond donors (Lipinski definition) is 3. The van der Waals surface area contributed by atoms with Gasteiger partial charge >= 0.3 is 5.97 Å². The van der Waals surface area contributed by atoms with Crippen LogP contribution in [-0.2, 0) is 4.79 Å². The molecule has 0 fully saturated rings. The van der Waals surface area contributed by atoms with Gasteiger partial charge in [0.25, 0.3) is 5.91 Å². The molecule has 2 rings (SSSR count). The number of amidine groups is 1. The van der Waals surface area contributed by atoms with E-state index in [4.69, 9.17) is 5.11 Å². The Balaban J connectivity index is 2.22. The third-order valence-corrected chi connectivity index (χ3v) is 2.11. The number of carbonyl (C=O) groups is 2. The van der Waals surface area contributed by atoms with Crippen molar-refractivity contribution in [3.05, 3.63) is 35.4 Å². The van der Waals surface area contributed by atoms with Crippen molar-refractivity contribution in [2.45, 2.75) is 0 Å². The Hall–Kier alpha value is -2.37. The van der Waals surface area contributed by atoms with E-state index in [1.165, 1.54) is 12.1 Å². The Kier molecular flexibility index (Phi) is 2.55. The van der Waals surface area contributed by atoms with E-state index < -0.39 is 5.97 Å². The molecule has 0 radical (unpaired) electrons. The molecule has 0 unspecified atom stereocenters. The van der Waals surface area contributed by atoms with E-state index in [-0.39, 0.29) is 18.0 Å². The highest BCUT2D eigenvalue weighted by Gasteiger charge is 2.11. The topological polar surface area (TPSA) is 90.8 Å². The minimum atomic E-state index is -0.974. The summed E-state index contributed by atoms with van der Waals surface area (Å²) in [4.78, 5) is 25.5. The molecular formula is C10H9N3O3. The Morgan fingerprint density at radius 1 is 1.25 bits per heavy atom. The van der Waals surface area contributed by atoms with Gasteiger partial charge in [0.2, 0.25) is 0 Å². The largest absolute Gasteiger partial charge is 0.478 e. The molecular weight excluding hydrogens is 210 g/mol. The zero-order chi connectivity index (χ0) is 11.5. The first-order valence-corrected chi connectivity index (χ1v) is 4.60. The van der Waals surface area contributed by atoms with E-state index in [1.54, 1.807) is 12.1 Å². The lowest BCUT2D eigenvalue weighted by Gasteiger charge is -2.15. The first-order valence-electron chi connectivity index (χ1n) is 4.60. The van der Waals surface area contributed by atoms with Gasteiger partial charge in [0, 0.05) is 5.56 Å². The minimum Gasteiger partial charge on any atom is -0.478 e. The van der Waals surface area contributed by atoms with Crippen LogP contribution in [0.3, 0.4) is 0 Å². The lowest BCUT2D eigenvalue weighted by Crippen LogP contribution is -2.47. The molecule has 3 N–H and O–H groups in total. The number of aliphatic imine (C=N–C) groups is 1. The number of nitrogens with zero attached hydrogens (tertiary/aromatic N) is 1. The monoisotopic (exact) mass is 219 g/mol. The fraction of sp³-hybridized carbons (Fsp3) is 0.100. The number of hydrogen-bond acceptors (Lipinski definition) is 4. The van der Waals surface area contributed by atoms with Gasteiger partial charge in [-0.2, -0.15) is 0 Å². The second kappa shape index (κ2) is 4.01. The van der Waals surface area contributed by atoms with Crippen LogP contribution in [0.15, 0.2) is 29.3 Å². The average molecular weight is 219 g/mol. The number of carboxylic acid groups (broad SMARTS) is 1. The highest BCUT2D eigenvalue weighted by molar-refractivity contribution is 6.03. The number of rotatable bonds is 2. The van der Waals surface area contributed by atoms with Crippen molar-refractivity contribution in [2.24, 2.45) is 4.99 Å². The van der Waals surface area contributed by atoms with Crippen LogP contribution < -0.4 is 10.9 Å². The molecule has 0 saturated heterocycles. The number of amides is 1. The number of carboxylic acids is 1. The SMILES string of the molecule is O=C1CN=C(c2ccc(C(=O)O)cc2)NN1. The molecule has 0 aromatic heterocycles. The van der Waals surface area contributed by atoms with Gasteiger partial charge in [-0.1, -0.05) is 12.1 Å². The van der Waals surface area contributed by atoms with Crippen LogP contribution in [-0.4, -0.2) is 29.4 Å². The quantitative estimate of drug-likeness (QED) is 0.640. The second-order valence-electron chi connectivity index (χ2n) is 3.22. The maximum atomic E-state index is 10.8. The lowest BCUT2D eigenvalue weighted by atomic mass is 10.1.